The molecular formula is C16H22N2O2. The van der Waals surface area contributed by atoms with E-state index in [1.807, 2.05) is 36.1 Å². The summed E-state index contributed by atoms with van der Waals surface area (Å²) < 4.78 is 5.19. The van der Waals surface area contributed by atoms with Crippen LogP contribution in [0.1, 0.15) is 37.9 Å². The van der Waals surface area contributed by atoms with Crippen molar-refractivity contribution >= 4 is 5.91 Å². The summed E-state index contributed by atoms with van der Waals surface area (Å²) >= 11 is 0. The van der Waals surface area contributed by atoms with E-state index in [0.29, 0.717) is 0 Å². The Morgan fingerprint density at radius 1 is 1.30 bits per heavy atom. The van der Waals surface area contributed by atoms with E-state index in [9.17, 15) is 4.79 Å². The van der Waals surface area contributed by atoms with Gasteiger partial charge in [-0.05, 0) is 37.0 Å². The molecular weight excluding hydrogens is 252 g/mol. The van der Waals surface area contributed by atoms with Crippen molar-refractivity contribution in [1.29, 1.82) is 0 Å². The van der Waals surface area contributed by atoms with Crippen LogP contribution in [0.2, 0.25) is 0 Å². The standard InChI is InChI=1S/C16H22N2O2/c1-11-16(19)18(10-9-12-3-4-12)15(17-11)13-5-7-14(20-2)8-6-13/h5-8,11-12,15,17H,3-4,9-10H2,1-2H3. The van der Waals surface area contributed by atoms with Crippen molar-refractivity contribution in [2.24, 2.45) is 5.92 Å². The SMILES string of the molecule is COc1ccc(C2NC(C)C(=O)N2CCC2CC2)cc1. The van der Waals surface area contributed by atoms with Gasteiger partial charge in [-0.2, -0.15) is 0 Å². The first-order chi connectivity index (χ1) is 9.69. The van der Waals surface area contributed by atoms with E-state index in [-0.39, 0.29) is 18.1 Å². The molecule has 0 bridgehead atoms. The van der Waals surface area contributed by atoms with Crippen LogP contribution < -0.4 is 10.1 Å². The Balaban J connectivity index is 1.75. The molecule has 0 spiro atoms. The summed E-state index contributed by atoms with van der Waals surface area (Å²) in [7, 11) is 1.66. The highest BCUT2D eigenvalue weighted by atomic mass is 16.5. The van der Waals surface area contributed by atoms with Crippen LogP contribution in [0.3, 0.4) is 0 Å². The van der Waals surface area contributed by atoms with Crippen LogP contribution >= 0.6 is 0 Å². The van der Waals surface area contributed by atoms with Gasteiger partial charge in [0, 0.05) is 6.54 Å². The number of hydrogen-bond donors (Lipinski definition) is 1. The number of nitrogens with one attached hydrogen (secondary N) is 1. The number of carbonyl (C=O) groups excluding carboxylic acids is 1. The minimum atomic E-state index is -0.0960. The zero-order chi connectivity index (χ0) is 14.1. The molecule has 4 heteroatoms. The number of ether oxygens (including phenoxy) is 1. The first-order valence-corrected chi connectivity index (χ1v) is 7.39. The number of benzene rings is 1. The van der Waals surface area contributed by atoms with E-state index >= 15 is 0 Å². The maximum absolute atomic E-state index is 12.3. The third kappa shape index (κ3) is 2.66. The van der Waals surface area contributed by atoms with Gasteiger partial charge in [-0.1, -0.05) is 25.0 Å². The predicted octanol–water partition coefficient (Wildman–Crippen LogP) is 2.31. The molecule has 1 aromatic rings. The van der Waals surface area contributed by atoms with Crippen molar-refractivity contribution in [3.05, 3.63) is 29.8 Å². The normalized spacial score (nSPS) is 26.1. The van der Waals surface area contributed by atoms with Crippen LogP contribution in [0.25, 0.3) is 0 Å². The lowest BCUT2D eigenvalue weighted by Gasteiger charge is -2.24. The first-order valence-electron chi connectivity index (χ1n) is 7.39. The maximum Gasteiger partial charge on any atom is 0.241 e. The molecule has 1 saturated carbocycles. The van der Waals surface area contributed by atoms with Crippen molar-refractivity contribution in [2.45, 2.75) is 38.4 Å². The Bertz CT molecular complexity index is 482. The molecule has 1 amide bonds. The molecule has 2 fully saturated rings. The fraction of sp³-hybridized carbons (Fsp3) is 0.562. The summed E-state index contributed by atoms with van der Waals surface area (Å²) in [5.41, 5.74) is 1.12. The molecule has 1 aliphatic heterocycles. The summed E-state index contributed by atoms with van der Waals surface area (Å²) in [6, 6.07) is 7.87. The number of carbonyl (C=O) groups is 1. The van der Waals surface area contributed by atoms with E-state index in [1.165, 1.54) is 12.8 Å². The summed E-state index contributed by atoms with van der Waals surface area (Å²) in [6.07, 6.45) is 3.80. The lowest BCUT2D eigenvalue weighted by Crippen LogP contribution is -2.31. The highest BCUT2D eigenvalue weighted by Gasteiger charge is 2.37. The first kappa shape index (κ1) is 13.4. The molecule has 0 radical (unpaired) electrons. The third-order valence-corrected chi connectivity index (χ3v) is 4.28. The molecule has 2 aliphatic rings. The average Bonchev–Trinajstić information content (AvgIpc) is 3.25. The van der Waals surface area contributed by atoms with Gasteiger partial charge >= 0.3 is 0 Å². The molecule has 20 heavy (non-hydrogen) atoms. The van der Waals surface area contributed by atoms with E-state index < -0.39 is 0 Å². The van der Waals surface area contributed by atoms with Crippen LogP contribution in [0, 0.1) is 5.92 Å². The molecule has 1 heterocycles. The summed E-state index contributed by atoms with van der Waals surface area (Å²) in [5.74, 6) is 1.90. The van der Waals surface area contributed by atoms with Crippen LogP contribution in [-0.4, -0.2) is 30.5 Å². The topological polar surface area (TPSA) is 41.6 Å². The van der Waals surface area contributed by atoms with Crippen molar-refractivity contribution in [3.63, 3.8) is 0 Å². The Labute approximate surface area is 120 Å². The van der Waals surface area contributed by atoms with Gasteiger partial charge in [-0.3, -0.25) is 10.1 Å². The molecule has 1 N–H and O–H groups in total. The van der Waals surface area contributed by atoms with Gasteiger partial charge in [0.25, 0.3) is 0 Å². The smallest absolute Gasteiger partial charge is 0.241 e. The molecule has 0 aromatic heterocycles. The highest BCUT2D eigenvalue weighted by molar-refractivity contribution is 5.84. The van der Waals surface area contributed by atoms with Crippen LogP contribution in [-0.2, 0) is 4.79 Å². The molecule has 3 rings (SSSR count). The van der Waals surface area contributed by atoms with Gasteiger partial charge in [-0.15, -0.1) is 0 Å². The van der Waals surface area contributed by atoms with Gasteiger partial charge < -0.3 is 9.64 Å². The monoisotopic (exact) mass is 274 g/mol. The van der Waals surface area contributed by atoms with Crippen LogP contribution in [0.5, 0.6) is 5.75 Å². The quantitative estimate of drug-likeness (QED) is 0.896. The van der Waals surface area contributed by atoms with Gasteiger partial charge in [0.15, 0.2) is 0 Å². The number of rotatable bonds is 5. The minimum Gasteiger partial charge on any atom is -0.497 e. The average molecular weight is 274 g/mol. The number of amides is 1. The predicted molar refractivity (Wildman–Crippen MR) is 77.4 cm³/mol. The second-order valence-electron chi connectivity index (χ2n) is 5.83. The largest absolute Gasteiger partial charge is 0.497 e. The van der Waals surface area contributed by atoms with Crippen LogP contribution in [0.4, 0.5) is 0 Å². The van der Waals surface area contributed by atoms with Gasteiger partial charge in [0.2, 0.25) is 5.91 Å². The zero-order valence-electron chi connectivity index (χ0n) is 12.1. The number of nitrogens with zero attached hydrogens (tertiary/aromatic N) is 1. The summed E-state index contributed by atoms with van der Waals surface area (Å²) in [6.45, 7) is 2.80. The molecule has 1 aromatic carbocycles. The fourth-order valence-corrected chi connectivity index (χ4v) is 2.80. The van der Waals surface area contributed by atoms with E-state index in [1.54, 1.807) is 7.11 Å². The van der Waals surface area contributed by atoms with Gasteiger partial charge in [-0.25, -0.2) is 0 Å². The van der Waals surface area contributed by atoms with Gasteiger partial charge in [0.1, 0.15) is 11.9 Å². The molecule has 1 aliphatic carbocycles. The van der Waals surface area contributed by atoms with Crippen molar-refractivity contribution in [1.82, 2.24) is 10.2 Å². The molecule has 2 atom stereocenters. The van der Waals surface area contributed by atoms with Crippen molar-refractivity contribution < 1.29 is 9.53 Å². The Morgan fingerprint density at radius 2 is 2.00 bits per heavy atom. The molecule has 108 valence electrons. The van der Waals surface area contributed by atoms with Crippen molar-refractivity contribution in [3.8, 4) is 5.75 Å². The van der Waals surface area contributed by atoms with Crippen molar-refractivity contribution in [2.75, 3.05) is 13.7 Å². The fourth-order valence-electron chi connectivity index (χ4n) is 2.80. The maximum atomic E-state index is 12.3. The Kier molecular flexibility index (Phi) is 3.66. The Hall–Kier alpha value is -1.55. The number of hydrogen-bond acceptors (Lipinski definition) is 3. The minimum absolute atomic E-state index is 0.00200. The summed E-state index contributed by atoms with van der Waals surface area (Å²) in [4.78, 5) is 14.3. The highest BCUT2D eigenvalue weighted by Crippen LogP contribution is 2.34. The molecule has 1 saturated heterocycles. The second-order valence-corrected chi connectivity index (χ2v) is 5.83. The molecule has 4 nitrogen and oxygen atoms in total. The second kappa shape index (κ2) is 5.44. The summed E-state index contributed by atoms with van der Waals surface area (Å²) in [5, 5.41) is 3.39. The Morgan fingerprint density at radius 3 is 2.60 bits per heavy atom. The van der Waals surface area contributed by atoms with Crippen LogP contribution in [0.15, 0.2) is 24.3 Å². The third-order valence-electron chi connectivity index (χ3n) is 4.28. The molecule has 2 unspecified atom stereocenters. The van der Waals surface area contributed by atoms with Gasteiger partial charge in [0.05, 0.1) is 13.2 Å². The van der Waals surface area contributed by atoms with E-state index in [4.69, 9.17) is 4.74 Å². The zero-order valence-corrected chi connectivity index (χ0v) is 12.1. The van der Waals surface area contributed by atoms with E-state index in [0.717, 1.165) is 30.2 Å². The lowest BCUT2D eigenvalue weighted by atomic mass is 10.1. The lowest BCUT2D eigenvalue weighted by molar-refractivity contribution is -0.129. The van der Waals surface area contributed by atoms with E-state index in [2.05, 4.69) is 5.32 Å². The number of methoxy groups -OCH3 is 1.